The van der Waals surface area contributed by atoms with E-state index in [1.54, 1.807) is 27.7 Å². The summed E-state index contributed by atoms with van der Waals surface area (Å²) in [6, 6.07) is -7.31. The summed E-state index contributed by atoms with van der Waals surface area (Å²) in [7, 11) is 0. The highest BCUT2D eigenvalue weighted by atomic mass is 16.4. The number of carboxylic acids is 2. The maximum atomic E-state index is 13.8. The number of aliphatic carboxylic acids is 2. The summed E-state index contributed by atoms with van der Waals surface area (Å²) in [5.41, 5.74) is 0. The second-order valence-corrected chi connectivity index (χ2v) is 12.3. The fraction of sp³-hybridized carbons (Fsp3) is 0.710. The highest BCUT2D eigenvalue weighted by molar-refractivity contribution is 5.98. The zero-order chi connectivity index (χ0) is 36.7. The minimum Gasteiger partial charge on any atom is -0.481 e. The highest BCUT2D eigenvalue weighted by Gasteiger charge is 2.41. The van der Waals surface area contributed by atoms with E-state index in [1.165, 1.54) is 4.90 Å². The number of nitrogens with zero attached hydrogens (tertiary/aromatic N) is 1. The van der Waals surface area contributed by atoms with Crippen LogP contribution in [0.25, 0.3) is 0 Å². The van der Waals surface area contributed by atoms with Gasteiger partial charge < -0.3 is 46.5 Å². The first-order chi connectivity index (χ1) is 22.5. The zero-order valence-electron chi connectivity index (χ0n) is 28.4. The van der Waals surface area contributed by atoms with E-state index < -0.39 is 108 Å². The third-order valence-electron chi connectivity index (χ3n) is 8.04. The number of carboxylic acid groups (broad SMARTS) is 2. The molecule has 6 amide bonds. The molecule has 17 heteroatoms. The molecule has 17 nitrogen and oxygen atoms in total. The molecule has 0 saturated carbocycles. The van der Waals surface area contributed by atoms with Crippen LogP contribution in [-0.2, 0) is 43.2 Å². The van der Waals surface area contributed by atoms with Gasteiger partial charge in [-0.05, 0) is 31.1 Å². The third kappa shape index (κ3) is 12.9. The Bertz CT molecular complexity index is 1190. The maximum Gasteiger partial charge on any atom is 0.305 e. The van der Waals surface area contributed by atoms with Crippen LogP contribution < -0.4 is 26.6 Å². The lowest BCUT2D eigenvalue weighted by Crippen LogP contribution is -2.61. The Hall–Kier alpha value is -4.57. The zero-order valence-corrected chi connectivity index (χ0v) is 28.4. The molecule has 0 aliphatic carbocycles. The SMILES string of the molecule is CCC[C@@H](C=O)NC(=O)[C@@H]1CCCN1C(=O)[C@@H](NC(=O)[C@@H](NC(=O)[C@H](CC(=O)O)NC(=O)[C@H](CC(=O)O)NC(C)=O)[C@@H](C)CC)C(C)C. The molecule has 1 aliphatic rings. The Morgan fingerprint density at radius 3 is 1.81 bits per heavy atom. The number of carbonyl (C=O) groups excluding carboxylic acids is 7. The predicted molar refractivity (Wildman–Crippen MR) is 170 cm³/mol. The summed E-state index contributed by atoms with van der Waals surface area (Å²) in [5.74, 6) is -8.61. The summed E-state index contributed by atoms with van der Waals surface area (Å²) >= 11 is 0. The molecule has 0 spiro atoms. The van der Waals surface area contributed by atoms with Gasteiger partial charge in [0.2, 0.25) is 35.4 Å². The lowest BCUT2D eigenvalue weighted by atomic mass is 9.95. The molecular weight excluding hydrogens is 632 g/mol. The first-order valence-corrected chi connectivity index (χ1v) is 16.1. The van der Waals surface area contributed by atoms with Crippen LogP contribution in [0.4, 0.5) is 0 Å². The number of hydrogen-bond acceptors (Lipinski definition) is 9. The molecule has 0 aromatic rings. The number of amides is 6. The average Bonchev–Trinajstić information content (AvgIpc) is 3.50. The number of aldehydes is 1. The molecule has 7 atom stereocenters. The van der Waals surface area contributed by atoms with Crippen LogP contribution in [0, 0.1) is 11.8 Å². The smallest absolute Gasteiger partial charge is 0.305 e. The van der Waals surface area contributed by atoms with E-state index in [4.69, 9.17) is 5.11 Å². The molecule has 7 N–H and O–H groups in total. The molecule has 0 aromatic carbocycles. The van der Waals surface area contributed by atoms with Gasteiger partial charge in [-0.1, -0.05) is 47.5 Å². The minimum atomic E-state index is -1.76. The number of carbonyl (C=O) groups is 9. The van der Waals surface area contributed by atoms with Gasteiger partial charge in [0, 0.05) is 13.5 Å². The maximum absolute atomic E-state index is 13.8. The second-order valence-electron chi connectivity index (χ2n) is 12.3. The normalized spacial score (nSPS) is 17.9. The van der Waals surface area contributed by atoms with Crippen molar-refractivity contribution in [1.82, 2.24) is 31.5 Å². The standard InChI is InChI=1S/C31H50N6O11/c1-7-10-19(15-38)33-29(46)22-11-9-12-37(22)31(48)25(16(3)4)35-30(47)26(17(5)8-2)36-28(45)21(14-24(42)43)34-27(44)20(13-23(40)41)32-18(6)39/h15-17,19-22,25-26H,7-14H2,1-6H3,(H,32,39)(H,33,46)(H,34,44)(H,35,47)(H,36,45)(H,40,41)(H,42,43)/t17-,19-,20-,21-,22-,25-,26-/m0/s1. The summed E-state index contributed by atoms with van der Waals surface area (Å²) in [6.07, 6.45) is 1.24. The Morgan fingerprint density at radius 1 is 0.792 bits per heavy atom. The fourth-order valence-corrected chi connectivity index (χ4v) is 5.24. The Balaban J connectivity index is 3.22. The van der Waals surface area contributed by atoms with E-state index in [-0.39, 0.29) is 6.54 Å². The van der Waals surface area contributed by atoms with Gasteiger partial charge in [0.05, 0.1) is 18.9 Å². The van der Waals surface area contributed by atoms with Crippen LogP contribution in [0.15, 0.2) is 0 Å². The van der Waals surface area contributed by atoms with Gasteiger partial charge in [-0.25, -0.2) is 0 Å². The van der Waals surface area contributed by atoms with Gasteiger partial charge in [-0.2, -0.15) is 0 Å². The van der Waals surface area contributed by atoms with Crippen LogP contribution >= 0.6 is 0 Å². The van der Waals surface area contributed by atoms with Gasteiger partial charge in [-0.15, -0.1) is 0 Å². The highest BCUT2D eigenvalue weighted by Crippen LogP contribution is 2.21. The molecule has 0 unspecified atom stereocenters. The van der Waals surface area contributed by atoms with Crippen molar-refractivity contribution in [3.8, 4) is 0 Å². The van der Waals surface area contributed by atoms with E-state index in [0.29, 0.717) is 38.4 Å². The van der Waals surface area contributed by atoms with E-state index in [2.05, 4.69) is 26.6 Å². The van der Waals surface area contributed by atoms with Crippen molar-refractivity contribution in [3.05, 3.63) is 0 Å². The van der Waals surface area contributed by atoms with Gasteiger partial charge in [0.25, 0.3) is 0 Å². The molecule has 1 rings (SSSR count). The van der Waals surface area contributed by atoms with Crippen molar-refractivity contribution in [3.63, 3.8) is 0 Å². The van der Waals surface area contributed by atoms with Crippen LogP contribution in [0.1, 0.15) is 86.5 Å². The minimum absolute atomic E-state index is 0.249. The predicted octanol–water partition coefficient (Wildman–Crippen LogP) is -0.928. The Labute approximate surface area is 279 Å². The van der Waals surface area contributed by atoms with Gasteiger partial charge >= 0.3 is 11.9 Å². The second kappa shape index (κ2) is 19.9. The quantitative estimate of drug-likeness (QED) is 0.0772. The lowest BCUT2D eigenvalue weighted by molar-refractivity contribution is -0.144. The Kier molecular flexibility index (Phi) is 17.2. The molecule has 48 heavy (non-hydrogen) atoms. The van der Waals surface area contributed by atoms with Crippen molar-refractivity contribution in [2.45, 2.75) is 123 Å². The molecule has 0 bridgehead atoms. The van der Waals surface area contributed by atoms with E-state index >= 15 is 0 Å². The van der Waals surface area contributed by atoms with E-state index in [1.807, 2.05) is 6.92 Å². The fourth-order valence-electron chi connectivity index (χ4n) is 5.24. The van der Waals surface area contributed by atoms with Crippen molar-refractivity contribution in [1.29, 1.82) is 0 Å². The molecule has 0 radical (unpaired) electrons. The number of likely N-dealkylation sites (tertiary alicyclic amines) is 1. The van der Waals surface area contributed by atoms with Crippen LogP contribution in [-0.4, -0.2) is 112 Å². The molecule has 1 aliphatic heterocycles. The van der Waals surface area contributed by atoms with Gasteiger partial charge in [0.15, 0.2) is 0 Å². The van der Waals surface area contributed by atoms with Crippen LogP contribution in [0.5, 0.6) is 0 Å². The molecule has 270 valence electrons. The van der Waals surface area contributed by atoms with Gasteiger partial charge in [-0.3, -0.25) is 38.4 Å². The summed E-state index contributed by atoms with van der Waals surface area (Å²) < 4.78 is 0. The lowest BCUT2D eigenvalue weighted by Gasteiger charge is -2.33. The topological polar surface area (TPSA) is 257 Å². The first-order valence-electron chi connectivity index (χ1n) is 16.1. The van der Waals surface area contributed by atoms with Crippen molar-refractivity contribution < 1.29 is 53.4 Å². The van der Waals surface area contributed by atoms with Gasteiger partial charge in [0.1, 0.15) is 36.5 Å². The molecule has 1 heterocycles. The summed E-state index contributed by atoms with van der Waals surface area (Å²) in [5, 5.41) is 30.6. The number of rotatable bonds is 20. The van der Waals surface area contributed by atoms with Crippen molar-refractivity contribution in [2.24, 2.45) is 11.8 Å². The monoisotopic (exact) mass is 682 g/mol. The molecule has 1 fully saturated rings. The number of nitrogens with one attached hydrogen (secondary N) is 5. The van der Waals surface area contributed by atoms with E-state index in [9.17, 15) is 48.3 Å². The van der Waals surface area contributed by atoms with Crippen LogP contribution in [0.3, 0.4) is 0 Å². The summed E-state index contributed by atoms with van der Waals surface area (Å²) in [6.45, 7) is 9.92. The third-order valence-corrected chi connectivity index (χ3v) is 8.04. The molecule has 0 aromatic heterocycles. The number of hydrogen-bond donors (Lipinski definition) is 7. The largest absolute Gasteiger partial charge is 0.481 e. The van der Waals surface area contributed by atoms with Crippen LogP contribution in [0.2, 0.25) is 0 Å². The average molecular weight is 683 g/mol. The molecule has 1 saturated heterocycles. The first kappa shape index (κ1) is 41.5. The summed E-state index contributed by atoms with van der Waals surface area (Å²) in [4.78, 5) is 114. The van der Waals surface area contributed by atoms with Crippen molar-refractivity contribution >= 4 is 53.7 Å². The van der Waals surface area contributed by atoms with Crippen molar-refractivity contribution in [2.75, 3.05) is 6.54 Å². The molecular formula is C31H50N6O11. The Morgan fingerprint density at radius 2 is 1.33 bits per heavy atom. The van der Waals surface area contributed by atoms with E-state index in [0.717, 1.165) is 6.92 Å².